The monoisotopic (exact) mass is 499 g/mol. The molecular weight excluding hydrogens is 478 g/mol. The van der Waals surface area contributed by atoms with E-state index in [0.717, 1.165) is 5.56 Å². The molecule has 2 aliphatic heterocycles. The van der Waals surface area contributed by atoms with Crippen LogP contribution >= 0.6 is 11.6 Å². The number of Topliss-reactive ketones (excluding diaryl/α,β-unsaturated/α-hetero) is 2. The summed E-state index contributed by atoms with van der Waals surface area (Å²) in [6.45, 7) is 1.81. The molecule has 36 heavy (non-hydrogen) atoms. The summed E-state index contributed by atoms with van der Waals surface area (Å²) in [6.07, 6.45) is -0.487. The van der Waals surface area contributed by atoms with Crippen molar-refractivity contribution in [2.24, 2.45) is 11.8 Å². The summed E-state index contributed by atoms with van der Waals surface area (Å²) in [6, 6.07) is 22.3. The van der Waals surface area contributed by atoms with Gasteiger partial charge in [0, 0.05) is 22.2 Å². The van der Waals surface area contributed by atoms with Gasteiger partial charge in [0.1, 0.15) is 0 Å². The lowest BCUT2D eigenvalue weighted by Crippen LogP contribution is -2.52. The quantitative estimate of drug-likeness (QED) is 0.391. The van der Waals surface area contributed by atoms with Gasteiger partial charge in [-0.15, -0.1) is 0 Å². The number of hydrogen-bond donors (Lipinski definition) is 0. The van der Waals surface area contributed by atoms with Gasteiger partial charge in [-0.2, -0.15) is 0 Å². The van der Waals surface area contributed by atoms with Crippen molar-refractivity contribution in [3.63, 3.8) is 0 Å². The molecule has 2 amide bonds. The molecule has 2 heterocycles. The number of rotatable bonds is 4. The van der Waals surface area contributed by atoms with E-state index in [4.69, 9.17) is 16.3 Å². The van der Waals surface area contributed by atoms with Crippen molar-refractivity contribution in [2.75, 3.05) is 0 Å². The lowest BCUT2D eigenvalue weighted by molar-refractivity contribution is -0.147. The van der Waals surface area contributed by atoms with Crippen LogP contribution in [0.3, 0.4) is 0 Å². The fraction of sp³-hybridized carbons (Fsp3) is 0.241. The summed E-state index contributed by atoms with van der Waals surface area (Å²) in [7, 11) is 0. The Morgan fingerprint density at radius 1 is 0.833 bits per heavy atom. The minimum Gasteiger partial charge on any atom is -0.349 e. The molecule has 7 heteroatoms. The number of ether oxygens (including phenoxy) is 1. The predicted octanol–water partition coefficient (Wildman–Crippen LogP) is 4.46. The summed E-state index contributed by atoms with van der Waals surface area (Å²) in [5.41, 5.74) is -0.0694. The van der Waals surface area contributed by atoms with E-state index in [1.54, 1.807) is 48.5 Å². The molecule has 2 fully saturated rings. The number of carbonyl (C=O) groups excluding carboxylic acids is 4. The number of halogens is 1. The topological polar surface area (TPSA) is 80.8 Å². The highest BCUT2D eigenvalue weighted by atomic mass is 35.5. The molecule has 0 saturated carbocycles. The zero-order valence-electron chi connectivity index (χ0n) is 19.4. The largest absolute Gasteiger partial charge is 0.349 e. The van der Waals surface area contributed by atoms with Crippen molar-refractivity contribution in [3.05, 3.63) is 106 Å². The fourth-order valence-corrected chi connectivity index (χ4v) is 6.10. The van der Waals surface area contributed by atoms with Gasteiger partial charge < -0.3 is 4.74 Å². The lowest BCUT2D eigenvalue weighted by Gasteiger charge is -2.29. The van der Waals surface area contributed by atoms with Gasteiger partial charge in [-0.05, 0) is 36.6 Å². The van der Waals surface area contributed by atoms with Gasteiger partial charge in [0.05, 0.1) is 17.9 Å². The minimum absolute atomic E-state index is 0.217. The van der Waals surface area contributed by atoms with Gasteiger partial charge in [0.15, 0.2) is 0 Å². The first kappa shape index (κ1) is 22.8. The third kappa shape index (κ3) is 3.08. The number of hydrogen-bond acceptors (Lipinski definition) is 5. The first-order valence-electron chi connectivity index (χ1n) is 11.9. The number of benzene rings is 3. The van der Waals surface area contributed by atoms with E-state index in [-0.39, 0.29) is 11.1 Å². The maximum absolute atomic E-state index is 14.0. The number of amides is 2. The van der Waals surface area contributed by atoms with Crippen molar-refractivity contribution in [3.8, 4) is 0 Å². The fourth-order valence-electron chi connectivity index (χ4n) is 5.97. The van der Waals surface area contributed by atoms with Crippen molar-refractivity contribution in [1.82, 2.24) is 4.90 Å². The number of carbonyl (C=O) groups is 4. The van der Waals surface area contributed by atoms with Crippen molar-refractivity contribution >= 4 is 35.0 Å². The first-order valence-corrected chi connectivity index (χ1v) is 12.2. The maximum Gasteiger partial charge on any atom is 0.237 e. The number of fused-ring (bicyclic) bond motifs is 3. The Balaban J connectivity index is 1.46. The van der Waals surface area contributed by atoms with E-state index in [1.807, 2.05) is 37.3 Å². The van der Waals surface area contributed by atoms with Gasteiger partial charge >= 0.3 is 0 Å². The molecule has 2 saturated heterocycles. The number of ketones is 2. The zero-order chi connectivity index (χ0) is 25.2. The van der Waals surface area contributed by atoms with Gasteiger partial charge in [0.2, 0.25) is 29.0 Å². The molecule has 0 bridgehead atoms. The molecule has 0 aromatic heterocycles. The van der Waals surface area contributed by atoms with Crippen LogP contribution in [0.4, 0.5) is 0 Å². The Morgan fingerprint density at radius 3 is 2.03 bits per heavy atom. The van der Waals surface area contributed by atoms with E-state index in [9.17, 15) is 19.2 Å². The normalized spacial score (nSPS) is 24.9. The molecule has 4 atom stereocenters. The van der Waals surface area contributed by atoms with Crippen LogP contribution in [0.15, 0.2) is 78.9 Å². The third-order valence-electron chi connectivity index (χ3n) is 7.57. The second-order valence-electron chi connectivity index (χ2n) is 9.62. The van der Waals surface area contributed by atoms with Crippen LogP contribution < -0.4 is 0 Å². The number of imide groups is 1. The molecule has 0 N–H and O–H groups in total. The molecule has 3 aliphatic rings. The van der Waals surface area contributed by atoms with Gasteiger partial charge in [0.25, 0.3) is 0 Å². The maximum atomic E-state index is 14.0. The SMILES string of the molecule is C[C@H](Cc1ccccc1)N1C(=O)[C@@H]2[C@H](c3ccc(Cl)cc3)OC3(C(=O)c4ccccc4C3=O)[C@H]2C1=O. The van der Waals surface area contributed by atoms with Crippen LogP contribution in [0.2, 0.25) is 5.02 Å². The number of nitrogens with zero attached hydrogens (tertiary/aromatic N) is 1. The van der Waals surface area contributed by atoms with E-state index >= 15 is 0 Å². The summed E-state index contributed by atoms with van der Waals surface area (Å²) in [5, 5.41) is 0.496. The molecule has 6 rings (SSSR count). The predicted molar refractivity (Wildman–Crippen MR) is 132 cm³/mol. The van der Waals surface area contributed by atoms with Crippen molar-refractivity contribution in [2.45, 2.75) is 31.1 Å². The molecule has 6 nitrogen and oxygen atoms in total. The van der Waals surface area contributed by atoms with Crippen LogP contribution in [-0.2, 0) is 20.7 Å². The molecule has 3 aromatic carbocycles. The molecule has 0 unspecified atom stereocenters. The first-order chi connectivity index (χ1) is 17.3. The standard InChI is InChI=1S/C29H22ClNO5/c1-16(15-17-7-3-2-4-8-17)31-27(34)22-23(28(31)35)29(36-24(22)18-11-13-19(30)14-12-18)25(32)20-9-5-6-10-21(20)26(29)33/h2-14,16,22-24H,15H2,1H3/t16-,22+,23-,24+/m1/s1. The molecule has 1 spiro atoms. The molecule has 1 aliphatic carbocycles. The second kappa shape index (κ2) is 8.22. The third-order valence-corrected chi connectivity index (χ3v) is 7.82. The molecule has 3 aromatic rings. The van der Waals surface area contributed by atoms with E-state index in [0.29, 0.717) is 17.0 Å². The highest BCUT2D eigenvalue weighted by Gasteiger charge is 2.74. The van der Waals surface area contributed by atoms with Crippen LogP contribution in [0.1, 0.15) is 44.9 Å². The average Bonchev–Trinajstić information content (AvgIpc) is 3.45. The molecule has 0 radical (unpaired) electrons. The Hall–Kier alpha value is -3.61. The summed E-state index contributed by atoms with van der Waals surface area (Å²) >= 11 is 6.07. The van der Waals surface area contributed by atoms with E-state index in [1.165, 1.54) is 4.90 Å². The minimum atomic E-state index is -2.06. The highest BCUT2D eigenvalue weighted by Crippen LogP contribution is 2.57. The van der Waals surface area contributed by atoms with Gasteiger partial charge in [-0.3, -0.25) is 24.1 Å². The van der Waals surface area contributed by atoms with Crippen LogP contribution in [0.5, 0.6) is 0 Å². The molecule has 180 valence electrons. The molecular formula is C29H22ClNO5. The Bertz CT molecular complexity index is 1380. The van der Waals surface area contributed by atoms with E-state index in [2.05, 4.69) is 0 Å². The smallest absolute Gasteiger partial charge is 0.237 e. The van der Waals surface area contributed by atoms with Crippen LogP contribution in [0, 0.1) is 11.8 Å². The van der Waals surface area contributed by atoms with Crippen LogP contribution in [0.25, 0.3) is 0 Å². The average molecular weight is 500 g/mol. The van der Waals surface area contributed by atoms with Crippen LogP contribution in [-0.4, -0.2) is 39.9 Å². The highest BCUT2D eigenvalue weighted by molar-refractivity contribution is 6.35. The summed E-state index contributed by atoms with van der Waals surface area (Å²) < 4.78 is 6.29. The van der Waals surface area contributed by atoms with Gasteiger partial charge in [-0.25, -0.2) is 0 Å². The lowest BCUT2D eigenvalue weighted by atomic mass is 9.77. The summed E-state index contributed by atoms with van der Waals surface area (Å²) in [5.74, 6) is -4.34. The van der Waals surface area contributed by atoms with E-state index < -0.39 is 53.0 Å². The Labute approximate surface area is 212 Å². The Kier molecular flexibility index (Phi) is 5.21. The zero-order valence-corrected chi connectivity index (χ0v) is 20.1. The Morgan fingerprint density at radius 2 is 1.42 bits per heavy atom. The van der Waals surface area contributed by atoms with Gasteiger partial charge in [-0.1, -0.05) is 78.3 Å². The number of likely N-dealkylation sites (tertiary alicyclic amines) is 1. The second-order valence-corrected chi connectivity index (χ2v) is 10.1. The van der Waals surface area contributed by atoms with Crippen molar-refractivity contribution in [1.29, 1.82) is 0 Å². The van der Waals surface area contributed by atoms with Crippen molar-refractivity contribution < 1.29 is 23.9 Å². The summed E-state index contributed by atoms with van der Waals surface area (Å²) in [4.78, 5) is 56.6.